The number of hydrogen-bond donors (Lipinski definition) is 1. The van der Waals surface area contributed by atoms with Gasteiger partial charge in [-0.05, 0) is 67.8 Å². The Bertz CT molecular complexity index is 605. The Morgan fingerprint density at radius 2 is 1.59 bits per heavy atom. The van der Waals surface area contributed by atoms with Crippen LogP contribution in [0.25, 0.3) is 0 Å². The normalized spacial score (nSPS) is 10.5. The predicted molar refractivity (Wildman–Crippen MR) is 91.1 cm³/mol. The third-order valence-electron chi connectivity index (χ3n) is 3.36. The zero-order chi connectivity index (χ0) is 15.9. The van der Waals surface area contributed by atoms with Gasteiger partial charge in [-0.25, -0.2) is 0 Å². The summed E-state index contributed by atoms with van der Waals surface area (Å²) in [6.07, 6.45) is 0.858. The van der Waals surface area contributed by atoms with Crippen LogP contribution in [0.3, 0.4) is 0 Å². The molecule has 4 heteroatoms. The van der Waals surface area contributed by atoms with Crippen molar-refractivity contribution in [2.24, 2.45) is 5.73 Å². The van der Waals surface area contributed by atoms with Crippen molar-refractivity contribution in [1.82, 2.24) is 0 Å². The summed E-state index contributed by atoms with van der Waals surface area (Å²) in [7, 11) is 0. The third kappa shape index (κ3) is 4.65. The van der Waals surface area contributed by atoms with Gasteiger partial charge in [0, 0.05) is 5.02 Å². The quantitative estimate of drug-likeness (QED) is 0.787. The van der Waals surface area contributed by atoms with E-state index in [9.17, 15) is 0 Å². The zero-order valence-corrected chi connectivity index (χ0v) is 13.8. The smallest absolute Gasteiger partial charge is 0.122 e. The summed E-state index contributed by atoms with van der Waals surface area (Å²) in [6, 6.07) is 11.9. The van der Waals surface area contributed by atoms with Gasteiger partial charge in [-0.1, -0.05) is 23.7 Å². The molecular formula is C18H22ClNO2. The lowest BCUT2D eigenvalue weighted by molar-refractivity contribution is 0.217. The molecule has 2 aromatic carbocycles. The fraction of sp³-hybridized carbons (Fsp3) is 0.333. The first-order valence-electron chi connectivity index (χ1n) is 7.41. The van der Waals surface area contributed by atoms with Gasteiger partial charge in [0.05, 0.1) is 0 Å². The Morgan fingerprint density at radius 3 is 2.23 bits per heavy atom. The Balaban J connectivity index is 1.83. The first kappa shape index (κ1) is 16.7. The molecule has 2 rings (SSSR count). The molecule has 0 aliphatic rings. The summed E-state index contributed by atoms with van der Waals surface area (Å²) in [6.45, 7) is 5.57. The van der Waals surface area contributed by atoms with Crippen LogP contribution in [0.5, 0.6) is 11.5 Å². The topological polar surface area (TPSA) is 44.5 Å². The van der Waals surface area contributed by atoms with Gasteiger partial charge >= 0.3 is 0 Å². The maximum Gasteiger partial charge on any atom is 0.122 e. The van der Waals surface area contributed by atoms with E-state index in [1.165, 1.54) is 5.56 Å². The van der Waals surface area contributed by atoms with Crippen molar-refractivity contribution >= 4 is 11.6 Å². The fourth-order valence-electron chi connectivity index (χ4n) is 2.27. The summed E-state index contributed by atoms with van der Waals surface area (Å²) >= 11 is 6.14. The van der Waals surface area contributed by atoms with Gasteiger partial charge in [0.2, 0.25) is 0 Å². The average molecular weight is 320 g/mol. The largest absolute Gasteiger partial charge is 0.490 e. The summed E-state index contributed by atoms with van der Waals surface area (Å²) in [5, 5.41) is 0.792. The van der Waals surface area contributed by atoms with Crippen LogP contribution in [0.15, 0.2) is 36.4 Å². The van der Waals surface area contributed by atoms with E-state index in [-0.39, 0.29) is 0 Å². The molecule has 0 radical (unpaired) electrons. The van der Waals surface area contributed by atoms with E-state index < -0.39 is 0 Å². The molecule has 2 N–H and O–H groups in total. The predicted octanol–water partition coefficient (Wildman–Crippen LogP) is 3.92. The zero-order valence-electron chi connectivity index (χ0n) is 13.1. The monoisotopic (exact) mass is 319 g/mol. The maximum atomic E-state index is 6.14. The molecule has 0 saturated carbocycles. The number of nitrogens with two attached hydrogens (primary N) is 1. The summed E-state index contributed by atoms with van der Waals surface area (Å²) in [5.41, 5.74) is 8.79. The van der Waals surface area contributed by atoms with Crippen molar-refractivity contribution in [1.29, 1.82) is 0 Å². The Hall–Kier alpha value is -1.71. The molecule has 0 aliphatic heterocycles. The van der Waals surface area contributed by atoms with Crippen LogP contribution >= 0.6 is 11.6 Å². The molecule has 0 atom stereocenters. The minimum Gasteiger partial charge on any atom is -0.490 e. The van der Waals surface area contributed by atoms with E-state index in [1.54, 1.807) is 0 Å². The van der Waals surface area contributed by atoms with Gasteiger partial charge in [-0.15, -0.1) is 0 Å². The molecule has 118 valence electrons. The van der Waals surface area contributed by atoms with Crippen LogP contribution in [-0.2, 0) is 6.42 Å². The second-order valence-corrected chi connectivity index (χ2v) is 5.63. The third-order valence-corrected chi connectivity index (χ3v) is 3.96. The molecule has 0 amide bonds. The van der Waals surface area contributed by atoms with Crippen molar-refractivity contribution in [3.05, 3.63) is 58.1 Å². The molecule has 0 aromatic heterocycles. The lowest BCUT2D eigenvalue weighted by Gasteiger charge is -2.11. The van der Waals surface area contributed by atoms with Crippen molar-refractivity contribution in [2.75, 3.05) is 19.8 Å². The number of hydrogen-bond acceptors (Lipinski definition) is 3. The first-order valence-corrected chi connectivity index (χ1v) is 7.79. The minimum atomic E-state index is 0.488. The number of ether oxygens (including phenoxy) is 2. The summed E-state index contributed by atoms with van der Waals surface area (Å²) < 4.78 is 11.4. The molecule has 0 heterocycles. The van der Waals surface area contributed by atoms with Gasteiger partial charge in [0.1, 0.15) is 24.7 Å². The van der Waals surface area contributed by atoms with E-state index in [4.69, 9.17) is 26.8 Å². The lowest BCUT2D eigenvalue weighted by Crippen LogP contribution is -2.09. The lowest BCUT2D eigenvalue weighted by atomic mass is 10.1. The Labute approximate surface area is 137 Å². The molecule has 3 nitrogen and oxygen atoms in total. The number of halogens is 1. The van der Waals surface area contributed by atoms with Gasteiger partial charge in [-0.2, -0.15) is 0 Å². The first-order chi connectivity index (χ1) is 10.6. The van der Waals surface area contributed by atoms with Crippen LogP contribution in [0.1, 0.15) is 16.7 Å². The Morgan fingerprint density at radius 1 is 0.955 bits per heavy atom. The van der Waals surface area contributed by atoms with E-state index in [0.29, 0.717) is 19.8 Å². The maximum absolute atomic E-state index is 6.14. The highest BCUT2D eigenvalue weighted by molar-refractivity contribution is 6.32. The fourth-order valence-corrected chi connectivity index (χ4v) is 2.38. The number of benzene rings is 2. The molecular weight excluding hydrogens is 298 g/mol. The minimum absolute atomic E-state index is 0.488. The average Bonchev–Trinajstić information content (AvgIpc) is 2.50. The summed E-state index contributed by atoms with van der Waals surface area (Å²) in [5.74, 6) is 1.66. The highest BCUT2D eigenvalue weighted by atomic mass is 35.5. The Kier molecular flexibility index (Phi) is 6.10. The molecule has 0 bridgehead atoms. The van der Waals surface area contributed by atoms with Gasteiger partial charge in [0.15, 0.2) is 0 Å². The van der Waals surface area contributed by atoms with E-state index in [0.717, 1.165) is 34.1 Å². The van der Waals surface area contributed by atoms with Crippen LogP contribution in [0.2, 0.25) is 5.02 Å². The number of aryl methyl sites for hydroxylation is 2. The standard InChI is InChI=1S/C18H22ClNO2/c1-13-10-17(11-14(2)18(13)19)22-9-8-21-16-5-3-4-15(12-16)6-7-20/h3-5,10-12H,6-9,20H2,1-2H3. The highest BCUT2D eigenvalue weighted by Gasteiger charge is 2.04. The number of rotatable bonds is 7. The van der Waals surface area contributed by atoms with E-state index in [2.05, 4.69) is 6.07 Å². The van der Waals surface area contributed by atoms with Gasteiger partial charge in [0.25, 0.3) is 0 Å². The van der Waals surface area contributed by atoms with Crippen LogP contribution in [-0.4, -0.2) is 19.8 Å². The van der Waals surface area contributed by atoms with Crippen LogP contribution in [0, 0.1) is 13.8 Å². The van der Waals surface area contributed by atoms with Gasteiger partial charge in [-0.3, -0.25) is 0 Å². The molecule has 0 saturated heterocycles. The van der Waals surface area contributed by atoms with Gasteiger partial charge < -0.3 is 15.2 Å². The van der Waals surface area contributed by atoms with E-state index in [1.807, 2.05) is 44.2 Å². The molecule has 2 aromatic rings. The second kappa shape index (κ2) is 8.06. The SMILES string of the molecule is Cc1cc(OCCOc2cccc(CCN)c2)cc(C)c1Cl. The van der Waals surface area contributed by atoms with Crippen LogP contribution < -0.4 is 15.2 Å². The highest BCUT2D eigenvalue weighted by Crippen LogP contribution is 2.25. The molecule has 22 heavy (non-hydrogen) atoms. The van der Waals surface area contributed by atoms with Crippen molar-refractivity contribution in [2.45, 2.75) is 20.3 Å². The van der Waals surface area contributed by atoms with E-state index >= 15 is 0 Å². The van der Waals surface area contributed by atoms with Crippen molar-refractivity contribution in [3.63, 3.8) is 0 Å². The molecule has 0 unspecified atom stereocenters. The second-order valence-electron chi connectivity index (χ2n) is 5.25. The molecule has 0 aliphatic carbocycles. The summed E-state index contributed by atoms with van der Waals surface area (Å²) in [4.78, 5) is 0. The van der Waals surface area contributed by atoms with Crippen molar-refractivity contribution in [3.8, 4) is 11.5 Å². The molecule has 0 fully saturated rings. The van der Waals surface area contributed by atoms with Crippen molar-refractivity contribution < 1.29 is 9.47 Å². The molecule has 0 spiro atoms. The van der Waals surface area contributed by atoms with Crippen LogP contribution in [0.4, 0.5) is 0 Å².